The van der Waals surface area contributed by atoms with Crippen molar-refractivity contribution in [3.05, 3.63) is 78.1 Å². The highest BCUT2D eigenvalue weighted by Crippen LogP contribution is 2.40. The molecule has 0 unspecified atom stereocenters. The van der Waals surface area contributed by atoms with Gasteiger partial charge >= 0.3 is 12.1 Å². The molecule has 6 nitrogen and oxygen atoms in total. The highest BCUT2D eigenvalue weighted by Gasteiger charge is 2.38. The second-order valence-corrected chi connectivity index (χ2v) is 9.03. The number of pyridine rings is 2. The molecule has 0 radical (unpaired) electrons. The third kappa shape index (κ3) is 4.59. The Hall–Kier alpha value is -4.05. The van der Waals surface area contributed by atoms with Gasteiger partial charge in [-0.15, -0.1) is 11.3 Å². The van der Waals surface area contributed by atoms with E-state index in [0.29, 0.717) is 0 Å². The minimum atomic E-state index is -5.08. The van der Waals surface area contributed by atoms with Crippen molar-refractivity contribution in [1.82, 2.24) is 19.7 Å². The van der Waals surface area contributed by atoms with Gasteiger partial charge in [0.15, 0.2) is 0 Å². The third-order valence-corrected chi connectivity index (χ3v) is 6.73. The van der Waals surface area contributed by atoms with Crippen molar-refractivity contribution in [2.75, 3.05) is 0 Å². The smallest absolute Gasteiger partial charge is 0.475 e. The Balaban J connectivity index is 0.000000338. The van der Waals surface area contributed by atoms with E-state index in [2.05, 4.69) is 56.4 Å². The first-order valence-corrected chi connectivity index (χ1v) is 11.9. The van der Waals surface area contributed by atoms with Gasteiger partial charge in [-0.25, -0.2) is 4.79 Å². The lowest BCUT2D eigenvalue weighted by atomic mass is 9.96. The van der Waals surface area contributed by atoms with Crippen molar-refractivity contribution in [3.8, 4) is 33.0 Å². The summed E-state index contributed by atoms with van der Waals surface area (Å²) in [6.07, 6.45) is 0.855. The van der Waals surface area contributed by atoms with Gasteiger partial charge in [-0.1, -0.05) is 24.3 Å². The number of aromatic nitrogens is 4. The first kappa shape index (κ1) is 23.7. The number of hydrogen-bond donors (Lipinski definition) is 1. The molecule has 5 aromatic rings. The quantitative estimate of drug-likeness (QED) is 0.302. The molecule has 10 heteroatoms. The Morgan fingerprint density at radius 3 is 2.56 bits per heavy atom. The molecule has 1 aliphatic rings. The number of aliphatic carboxylic acids is 1. The van der Waals surface area contributed by atoms with Crippen molar-refractivity contribution in [2.45, 2.75) is 25.6 Å². The number of halogens is 3. The molecule has 0 amide bonds. The van der Waals surface area contributed by atoms with Gasteiger partial charge in [0.25, 0.3) is 0 Å². The summed E-state index contributed by atoms with van der Waals surface area (Å²) in [6, 6.07) is 19.0. The molecular weight excluding hydrogens is 489 g/mol. The SMILES string of the molecule is O=C(O)C(F)(F)F.c1ccc(-c2nn3c(c2-c2ccnc4cc(-c5cccs5)ccc24)CCC3)nc1. The van der Waals surface area contributed by atoms with Gasteiger partial charge in [-0.3, -0.25) is 14.6 Å². The predicted octanol–water partition coefficient (Wildman–Crippen LogP) is 6.47. The normalized spacial score (nSPS) is 12.8. The molecule has 0 bridgehead atoms. The highest BCUT2D eigenvalue weighted by atomic mass is 32.1. The van der Waals surface area contributed by atoms with Crippen LogP contribution in [0, 0.1) is 0 Å². The Bertz CT molecular complexity index is 1530. The van der Waals surface area contributed by atoms with E-state index in [4.69, 9.17) is 15.0 Å². The molecule has 5 heterocycles. The van der Waals surface area contributed by atoms with Crippen molar-refractivity contribution in [2.24, 2.45) is 0 Å². The molecular formula is C26H19F3N4O2S. The van der Waals surface area contributed by atoms with E-state index in [1.54, 1.807) is 11.3 Å². The Morgan fingerprint density at radius 1 is 1.03 bits per heavy atom. The molecule has 0 saturated heterocycles. The summed E-state index contributed by atoms with van der Waals surface area (Å²) >= 11 is 1.75. The minimum Gasteiger partial charge on any atom is -0.475 e. The van der Waals surface area contributed by atoms with E-state index in [1.807, 2.05) is 30.6 Å². The number of fused-ring (bicyclic) bond motifs is 2. The molecule has 1 aliphatic heterocycles. The summed E-state index contributed by atoms with van der Waals surface area (Å²) in [5.74, 6) is -2.76. The summed E-state index contributed by atoms with van der Waals surface area (Å²) in [5.41, 5.74) is 7.81. The van der Waals surface area contributed by atoms with Gasteiger partial charge in [0.2, 0.25) is 0 Å². The molecule has 182 valence electrons. The second-order valence-electron chi connectivity index (χ2n) is 8.08. The average Bonchev–Trinajstić information content (AvgIpc) is 3.62. The largest absolute Gasteiger partial charge is 0.490 e. The van der Waals surface area contributed by atoms with Crippen LogP contribution in [-0.2, 0) is 17.8 Å². The van der Waals surface area contributed by atoms with E-state index in [1.165, 1.54) is 27.3 Å². The standard InChI is InChI=1S/C24H18N4S.C2HF3O2/c1-2-11-25-19(5-1)24-23(21-6-3-13-28(21)27-24)18-10-12-26-20-15-16(8-9-17(18)20)22-7-4-14-29-22;3-2(4,5)1(6)7/h1-2,4-5,7-12,14-15H,3,6,13H2;(H,6,7). The molecule has 0 atom stereocenters. The number of hydrogen-bond acceptors (Lipinski definition) is 5. The monoisotopic (exact) mass is 508 g/mol. The van der Waals surface area contributed by atoms with Crippen LogP contribution >= 0.6 is 11.3 Å². The zero-order valence-electron chi connectivity index (χ0n) is 18.7. The number of carbonyl (C=O) groups is 1. The fourth-order valence-corrected chi connectivity index (χ4v) is 4.98. The summed E-state index contributed by atoms with van der Waals surface area (Å²) < 4.78 is 33.9. The van der Waals surface area contributed by atoms with Crippen LogP contribution in [0.1, 0.15) is 12.1 Å². The molecule has 36 heavy (non-hydrogen) atoms. The maximum atomic E-state index is 10.6. The number of benzene rings is 1. The number of nitrogens with zero attached hydrogens (tertiary/aromatic N) is 4. The summed E-state index contributed by atoms with van der Waals surface area (Å²) in [7, 11) is 0. The molecule has 4 aromatic heterocycles. The number of carboxylic acid groups (broad SMARTS) is 1. The molecule has 0 saturated carbocycles. The molecule has 0 fully saturated rings. The molecule has 1 N–H and O–H groups in total. The average molecular weight is 509 g/mol. The fourth-order valence-electron chi connectivity index (χ4n) is 4.26. The lowest BCUT2D eigenvalue weighted by Gasteiger charge is -2.10. The first-order chi connectivity index (χ1) is 17.3. The van der Waals surface area contributed by atoms with Gasteiger partial charge in [0.05, 0.1) is 11.2 Å². The Labute approximate surface area is 207 Å². The van der Waals surface area contributed by atoms with Crippen LogP contribution in [0.5, 0.6) is 0 Å². The topological polar surface area (TPSA) is 80.9 Å². The zero-order chi connectivity index (χ0) is 25.3. The van der Waals surface area contributed by atoms with Crippen LogP contribution < -0.4 is 0 Å². The number of carboxylic acids is 1. The first-order valence-electron chi connectivity index (χ1n) is 11.1. The molecule has 0 spiro atoms. The summed E-state index contributed by atoms with van der Waals surface area (Å²) in [6.45, 7) is 0.973. The predicted molar refractivity (Wildman–Crippen MR) is 132 cm³/mol. The zero-order valence-corrected chi connectivity index (χ0v) is 19.6. The number of alkyl halides is 3. The lowest BCUT2D eigenvalue weighted by molar-refractivity contribution is -0.192. The minimum absolute atomic E-state index is 0.921. The Kier molecular flexibility index (Phi) is 6.27. The molecule has 1 aromatic carbocycles. The van der Waals surface area contributed by atoms with E-state index >= 15 is 0 Å². The van der Waals surface area contributed by atoms with Crippen LogP contribution in [-0.4, -0.2) is 37.0 Å². The summed E-state index contributed by atoms with van der Waals surface area (Å²) in [4.78, 5) is 19.4. The van der Waals surface area contributed by atoms with Gasteiger partial charge in [-0.05, 0) is 59.7 Å². The maximum absolute atomic E-state index is 10.6. The van der Waals surface area contributed by atoms with Crippen molar-refractivity contribution in [3.63, 3.8) is 0 Å². The van der Waals surface area contributed by atoms with E-state index in [9.17, 15) is 13.2 Å². The number of thiophene rings is 1. The second kappa shape index (κ2) is 9.54. The van der Waals surface area contributed by atoms with Crippen LogP contribution in [0.2, 0.25) is 0 Å². The van der Waals surface area contributed by atoms with Crippen LogP contribution in [0.25, 0.3) is 43.9 Å². The van der Waals surface area contributed by atoms with Gasteiger partial charge < -0.3 is 5.11 Å². The summed E-state index contributed by atoms with van der Waals surface area (Å²) in [5, 5.41) is 15.3. The lowest BCUT2D eigenvalue weighted by Crippen LogP contribution is -2.21. The number of rotatable bonds is 3. The van der Waals surface area contributed by atoms with E-state index in [-0.39, 0.29) is 0 Å². The van der Waals surface area contributed by atoms with Crippen molar-refractivity contribution >= 4 is 28.2 Å². The van der Waals surface area contributed by atoms with Gasteiger partial charge in [-0.2, -0.15) is 18.3 Å². The van der Waals surface area contributed by atoms with Crippen LogP contribution in [0.4, 0.5) is 13.2 Å². The van der Waals surface area contributed by atoms with Gasteiger partial charge in [0, 0.05) is 40.5 Å². The van der Waals surface area contributed by atoms with Crippen molar-refractivity contribution < 1.29 is 23.1 Å². The Morgan fingerprint density at radius 2 is 1.86 bits per heavy atom. The fraction of sp³-hybridized carbons (Fsp3) is 0.154. The van der Waals surface area contributed by atoms with Gasteiger partial charge in [0.1, 0.15) is 5.69 Å². The molecule has 0 aliphatic carbocycles. The highest BCUT2D eigenvalue weighted by molar-refractivity contribution is 7.13. The van der Waals surface area contributed by atoms with Crippen LogP contribution in [0.3, 0.4) is 0 Å². The molecule has 6 rings (SSSR count). The van der Waals surface area contributed by atoms with Crippen molar-refractivity contribution in [1.29, 1.82) is 0 Å². The number of aryl methyl sites for hydroxylation is 1. The van der Waals surface area contributed by atoms with E-state index in [0.717, 1.165) is 41.7 Å². The maximum Gasteiger partial charge on any atom is 0.490 e. The van der Waals surface area contributed by atoms with Crippen LogP contribution in [0.15, 0.2) is 72.4 Å². The van der Waals surface area contributed by atoms with E-state index < -0.39 is 12.1 Å². The third-order valence-electron chi connectivity index (χ3n) is 5.81.